The molecule has 0 bridgehead atoms. The van der Waals surface area contributed by atoms with Gasteiger partial charge >= 0.3 is 0 Å². The van der Waals surface area contributed by atoms with Gasteiger partial charge in [0.2, 0.25) is 5.91 Å². The molecule has 0 saturated carbocycles. The first-order valence-electron chi connectivity index (χ1n) is 7.21. The lowest BCUT2D eigenvalue weighted by Gasteiger charge is -2.28. The molecule has 2 N–H and O–H groups in total. The van der Waals surface area contributed by atoms with E-state index in [1.165, 1.54) is 0 Å². The van der Waals surface area contributed by atoms with Crippen LogP contribution in [-0.2, 0) is 9.53 Å². The Bertz CT molecular complexity index is 458. The van der Waals surface area contributed by atoms with Crippen LogP contribution in [0, 0.1) is 0 Å². The first kappa shape index (κ1) is 14.9. The maximum absolute atomic E-state index is 12.4. The molecule has 1 aromatic carbocycles. The van der Waals surface area contributed by atoms with Crippen LogP contribution in [0.1, 0.15) is 38.2 Å². The summed E-state index contributed by atoms with van der Waals surface area (Å²) in [7, 11) is 1.88. The van der Waals surface area contributed by atoms with Crippen molar-refractivity contribution in [3.05, 3.63) is 29.8 Å². The second kappa shape index (κ2) is 6.27. The zero-order valence-corrected chi connectivity index (χ0v) is 12.5. The number of hydrogen-bond donors (Lipinski definition) is 1. The van der Waals surface area contributed by atoms with E-state index < -0.39 is 0 Å². The third kappa shape index (κ3) is 3.31. The third-order valence-corrected chi connectivity index (χ3v) is 4.21. The van der Waals surface area contributed by atoms with E-state index >= 15 is 0 Å². The van der Waals surface area contributed by atoms with Gasteiger partial charge in [0, 0.05) is 25.8 Å². The Kier molecular flexibility index (Phi) is 4.65. The van der Waals surface area contributed by atoms with Gasteiger partial charge < -0.3 is 15.4 Å². The lowest BCUT2D eigenvalue weighted by molar-refractivity contribution is -0.133. The molecule has 0 spiro atoms. The van der Waals surface area contributed by atoms with Gasteiger partial charge in [0.05, 0.1) is 12.1 Å². The molecule has 1 fully saturated rings. The second-order valence-electron chi connectivity index (χ2n) is 5.71. The van der Waals surface area contributed by atoms with Crippen LogP contribution in [0.4, 0.5) is 5.69 Å². The molecule has 4 heteroatoms. The van der Waals surface area contributed by atoms with Gasteiger partial charge in [0.15, 0.2) is 0 Å². The van der Waals surface area contributed by atoms with Crippen LogP contribution in [0.5, 0.6) is 0 Å². The molecule has 110 valence electrons. The van der Waals surface area contributed by atoms with Crippen molar-refractivity contribution in [1.29, 1.82) is 0 Å². The molecule has 2 rings (SSSR count). The Balaban J connectivity index is 1.95. The second-order valence-corrected chi connectivity index (χ2v) is 5.71. The average Bonchev–Trinajstić information content (AvgIpc) is 2.84. The van der Waals surface area contributed by atoms with Gasteiger partial charge in [0.1, 0.15) is 0 Å². The van der Waals surface area contributed by atoms with Gasteiger partial charge in [0.25, 0.3) is 0 Å². The molecule has 0 radical (unpaired) electrons. The van der Waals surface area contributed by atoms with Crippen molar-refractivity contribution in [2.45, 2.75) is 44.8 Å². The normalized spacial score (nSPS) is 23.6. The fourth-order valence-corrected chi connectivity index (χ4v) is 2.76. The predicted octanol–water partition coefficient (Wildman–Crippen LogP) is 2.40. The molecule has 1 saturated heterocycles. The van der Waals surface area contributed by atoms with E-state index in [1.54, 1.807) is 0 Å². The molecule has 3 unspecified atom stereocenters. The first-order valence-corrected chi connectivity index (χ1v) is 7.21. The van der Waals surface area contributed by atoms with Crippen molar-refractivity contribution in [2.24, 2.45) is 0 Å². The molecule has 0 aromatic heterocycles. The Morgan fingerprint density at radius 2 is 2.10 bits per heavy atom. The maximum Gasteiger partial charge on any atom is 0.223 e. The SMILES string of the molecule is CC(CC(=O)N(C)C1CCOC1C)c1ccc(N)cc1. The van der Waals surface area contributed by atoms with Crippen LogP contribution in [0.25, 0.3) is 0 Å². The number of anilines is 1. The number of hydrogen-bond acceptors (Lipinski definition) is 3. The van der Waals surface area contributed by atoms with E-state index in [9.17, 15) is 4.79 Å². The monoisotopic (exact) mass is 276 g/mol. The molecular weight excluding hydrogens is 252 g/mol. The molecule has 4 nitrogen and oxygen atoms in total. The predicted molar refractivity (Wildman–Crippen MR) is 80.5 cm³/mol. The zero-order valence-electron chi connectivity index (χ0n) is 12.5. The fourth-order valence-electron chi connectivity index (χ4n) is 2.76. The van der Waals surface area contributed by atoms with Gasteiger partial charge in [-0.3, -0.25) is 4.79 Å². The Morgan fingerprint density at radius 3 is 2.65 bits per heavy atom. The fraction of sp³-hybridized carbons (Fsp3) is 0.562. The topological polar surface area (TPSA) is 55.6 Å². The summed E-state index contributed by atoms with van der Waals surface area (Å²) in [6.45, 7) is 4.85. The van der Waals surface area contributed by atoms with Crippen molar-refractivity contribution in [3.8, 4) is 0 Å². The third-order valence-electron chi connectivity index (χ3n) is 4.21. The van der Waals surface area contributed by atoms with Gasteiger partial charge in [-0.2, -0.15) is 0 Å². The number of nitrogens with zero attached hydrogens (tertiary/aromatic N) is 1. The number of likely N-dealkylation sites (N-methyl/N-ethyl adjacent to an activating group) is 1. The summed E-state index contributed by atoms with van der Waals surface area (Å²) in [5.74, 6) is 0.375. The number of benzene rings is 1. The molecule has 1 aliphatic heterocycles. The highest BCUT2D eigenvalue weighted by molar-refractivity contribution is 5.77. The van der Waals surface area contributed by atoms with Crippen LogP contribution in [0.2, 0.25) is 0 Å². The summed E-state index contributed by atoms with van der Waals surface area (Å²) in [5, 5.41) is 0. The minimum Gasteiger partial charge on any atom is -0.399 e. The molecule has 1 heterocycles. The van der Waals surface area contributed by atoms with E-state index in [0.717, 1.165) is 24.3 Å². The van der Waals surface area contributed by atoms with E-state index in [-0.39, 0.29) is 24.0 Å². The molecule has 1 aromatic rings. The number of carbonyl (C=O) groups excluding carboxylic acids is 1. The number of nitrogen functional groups attached to an aromatic ring is 1. The minimum absolute atomic E-state index is 0.135. The summed E-state index contributed by atoms with van der Waals surface area (Å²) in [6.07, 6.45) is 1.58. The highest BCUT2D eigenvalue weighted by atomic mass is 16.5. The Hall–Kier alpha value is -1.55. The van der Waals surface area contributed by atoms with Gasteiger partial charge in [-0.15, -0.1) is 0 Å². The van der Waals surface area contributed by atoms with Gasteiger partial charge in [-0.1, -0.05) is 19.1 Å². The van der Waals surface area contributed by atoms with Crippen LogP contribution in [0.3, 0.4) is 0 Å². The quantitative estimate of drug-likeness (QED) is 0.859. The molecule has 3 atom stereocenters. The van der Waals surface area contributed by atoms with Crippen molar-refractivity contribution in [2.75, 3.05) is 19.4 Å². The number of ether oxygens (including phenoxy) is 1. The summed E-state index contributed by atoms with van der Waals surface area (Å²) in [5.41, 5.74) is 7.59. The number of amides is 1. The molecule has 20 heavy (non-hydrogen) atoms. The van der Waals surface area contributed by atoms with Crippen molar-refractivity contribution in [3.63, 3.8) is 0 Å². The van der Waals surface area contributed by atoms with Crippen LogP contribution in [-0.4, -0.2) is 36.6 Å². The molecule has 1 amide bonds. The summed E-state index contributed by atoms with van der Waals surface area (Å²) in [4.78, 5) is 14.2. The highest BCUT2D eigenvalue weighted by Crippen LogP contribution is 2.24. The summed E-state index contributed by atoms with van der Waals surface area (Å²) < 4.78 is 5.53. The zero-order chi connectivity index (χ0) is 14.7. The number of rotatable bonds is 4. The Morgan fingerprint density at radius 1 is 1.45 bits per heavy atom. The minimum atomic E-state index is 0.135. The Labute approximate surface area is 120 Å². The lowest BCUT2D eigenvalue weighted by atomic mass is 9.96. The van der Waals surface area contributed by atoms with Gasteiger partial charge in [-0.25, -0.2) is 0 Å². The lowest BCUT2D eigenvalue weighted by Crippen LogP contribution is -2.41. The smallest absolute Gasteiger partial charge is 0.223 e. The van der Waals surface area contributed by atoms with Crippen molar-refractivity contribution >= 4 is 11.6 Å². The highest BCUT2D eigenvalue weighted by Gasteiger charge is 2.30. The number of nitrogens with two attached hydrogens (primary N) is 1. The van der Waals surface area contributed by atoms with E-state index in [1.807, 2.05) is 43.1 Å². The first-order chi connectivity index (χ1) is 9.49. The van der Waals surface area contributed by atoms with Crippen LogP contribution in [0.15, 0.2) is 24.3 Å². The van der Waals surface area contributed by atoms with Crippen LogP contribution >= 0.6 is 0 Å². The standard InChI is InChI=1S/C16H24N2O2/c1-11(13-4-6-14(17)7-5-13)10-16(19)18(3)15-8-9-20-12(15)2/h4-7,11-12,15H,8-10,17H2,1-3H3. The molecule has 1 aliphatic rings. The summed E-state index contributed by atoms with van der Waals surface area (Å²) in [6, 6.07) is 7.96. The van der Waals surface area contributed by atoms with E-state index in [2.05, 4.69) is 6.92 Å². The summed E-state index contributed by atoms with van der Waals surface area (Å²) >= 11 is 0. The van der Waals surface area contributed by atoms with E-state index in [0.29, 0.717) is 6.42 Å². The van der Waals surface area contributed by atoms with Gasteiger partial charge in [-0.05, 0) is 37.0 Å². The maximum atomic E-state index is 12.4. The molecular formula is C16H24N2O2. The van der Waals surface area contributed by atoms with Crippen molar-refractivity contribution < 1.29 is 9.53 Å². The van der Waals surface area contributed by atoms with Crippen molar-refractivity contribution in [1.82, 2.24) is 4.90 Å². The van der Waals surface area contributed by atoms with Crippen LogP contribution < -0.4 is 5.73 Å². The van der Waals surface area contributed by atoms with E-state index in [4.69, 9.17) is 10.5 Å². The largest absolute Gasteiger partial charge is 0.399 e. The molecule has 0 aliphatic carbocycles. The number of carbonyl (C=O) groups is 1. The average molecular weight is 276 g/mol.